The lowest BCUT2D eigenvalue weighted by Crippen LogP contribution is -2.35. The Balaban J connectivity index is 1.73. The van der Waals surface area contributed by atoms with E-state index in [9.17, 15) is 36.2 Å². The Morgan fingerprint density at radius 1 is 1.02 bits per heavy atom. The third kappa shape index (κ3) is 6.02. The van der Waals surface area contributed by atoms with Crippen LogP contribution in [0.3, 0.4) is 0 Å². The number of allylic oxidation sites excluding steroid dienone is 1. The summed E-state index contributed by atoms with van der Waals surface area (Å²) in [4.78, 5) is 16.2. The van der Waals surface area contributed by atoms with E-state index in [1.165, 1.54) is 4.90 Å². The number of cyclic esters (lactones) is 1. The van der Waals surface area contributed by atoms with E-state index >= 15 is 0 Å². The molecular formula is C29H32F6N2O3. The number of carbonyl (C=O) groups excluding carboxylic acids is 1. The Labute approximate surface area is 229 Å². The molecule has 218 valence electrons. The average molecular weight is 571 g/mol. The lowest BCUT2D eigenvalue weighted by Gasteiger charge is -2.35. The second-order valence-electron chi connectivity index (χ2n) is 11.5. The van der Waals surface area contributed by atoms with Crippen LogP contribution >= 0.6 is 0 Å². The molecule has 0 unspecified atom stereocenters. The molecule has 0 radical (unpaired) electrons. The van der Waals surface area contributed by atoms with E-state index < -0.39 is 41.7 Å². The molecule has 2 atom stereocenters. The number of hydrogen-bond acceptors (Lipinski definition) is 4. The van der Waals surface area contributed by atoms with Crippen LogP contribution in [0.15, 0.2) is 42.0 Å². The first-order valence-electron chi connectivity index (χ1n) is 12.9. The highest BCUT2D eigenvalue weighted by Gasteiger charge is 2.44. The minimum Gasteiger partial charge on any atom is -0.507 e. The highest BCUT2D eigenvalue weighted by Crippen LogP contribution is 2.47. The van der Waals surface area contributed by atoms with Crippen LogP contribution in [-0.4, -0.2) is 42.8 Å². The number of amides is 1. The van der Waals surface area contributed by atoms with Crippen molar-refractivity contribution in [3.63, 3.8) is 0 Å². The van der Waals surface area contributed by atoms with Crippen molar-refractivity contribution in [1.82, 2.24) is 4.90 Å². The minimum absolute atomic E-state index is 0.0538. The Hall–Kier alpha value is -3.37. The van der Waals surface area contributed by atoms with Crippen molar-refractivity contribution in [2.75, 3.05) is 25.5 Å². The lowest BCUT2D eigenvalue weighted by molar-refractivity contribution is -0.143. The van der Waals surface area contributed by atoms with Crippen LogP contribution in [0.5, 0.6) is 5.75 Å². The predicted octanol–water partition coefficient (Wildman–Crippen LogP) is 8.04. The van der Waals surface area contributed by atoms with Crippen molar-refractivity contribution in [2.24, 2.45) is 5.41 Å². The summed E-state index contributed by atoms with van der Waals surface area (Å²) in [5.74, 6) is 0.0800. The number of carbonyl (C=O) groups is 1. The Bertz CT molecular complexity index is 1300. The lowest BCUT2D eigenvalue weighted by atomic mass is 9.72. The third-order valence-corrected chi connectivity index (χ3v) is 7.68. The van der Waals surface area contributed by atoms with Gasteiger partial charge in [0.05, 0.1) is 17.2 Å². The predicted molar refractivity (Wildman–Crippen MR) is 139 cm³/mol. The maximum absolute atomic E-state index is 13.5. The van der Waals surface area contributed by atoms with Gasteiger partial charge in [-0.25, -0.2) is 4.79 Å². The first-order chi connectivity index (χ1) is 18.4. The molecule has 1 N–H and O–H groups in total. The summed E-state index contributed by atoms with van der Waals surface area (Å²) < 4.78 is 86.1. The molecule has 2 aliphatic rings. The van der Waals surface area contributed by atoms with E-state index in [0.717, 1.165) is 23.3 Å². The van der Waals surface area contributed by atoms with Gasteiger partial charge in [-0.2, -0.15) is 26.3 Å². The molecule has 0 bridgehead atoms. The molecule has 0 spiro atoms. The molecule has 1 amide bonds. The topological polar surface area (TPSA) is 53.0 Å². The SMILES string of the molecule is C[C@H]1[C@@H](c2cc(C(F)(F)F)cc(C(F)(F)F)c2)OC(=O)N1CC1=C(c2cc(N(C)C)ccc2O)CCC(C)(C)C1. The molecular weight excluding hydrogens is 538 g/mol. The number of anilines is 1. The zero-order valence-electron chi connectivity index (χ0n) is 22.9. The maximum atomic E-state index is 13.5. The van der Waals surface area contributed by atoms with Crippen molar-refractivity contribution < 1.29 is 41.0 Å². The van der Waals surface area contributed by atoms with E-state index in [1.54, 1.807) is 19.1 Å². The molecule has 0 aromatic heterocycles. The molecule has 11 heteroatoms. The van der Waals surface area contributed by atoms with Gasteiger partial charge in [0.1, 0.15) is 11.9 Å². The second-order valence-corrected chi connectivity index (χ2v) is 11.5. The molecule has 1 saturated heterocycles. The number of hydrogen-bond donors (Lipinski definition) is 1. The quantitative estimate of drug-likeness (QED) is 0.370. The van der Waals surface area contributed by atoms with E-state index in [1.807, 2.05) is 25.1 Å². The van der Waals surface area contributed by atoms with Crippen LogP contribution in [0, 0.1) is 5.41 Å². The van der Waals surface area contributed by atoms with Crippen molar-refractivity contribution in [1.29, 1.82) is 0 Å². The van der Waals surface area contributed by atoms with Crippen molar-refractivity contribution in [3.8, 4) is 5.75 Å². The van der Waals surface area contributed by atoms with E-state index in [4.69, 9.17) is 4.74 Å². The zero-order chi connectivity index (χ0) is 29.8. The number of phenols is 1. The Morgan fingerprint density at radius 2 is 1.62 bits per heavy atom. The number of nitrogens with zero attached hydrogens (tertiary/aromatic N) is 2. The standard InChI is InChI=1S/C29H32F6N2O3/c1-16-25(17-10-19(28(30,31)32)12-20(11-17)29(33,34)35)40-26(39)37(16)15-18-14-27(2,3)9-8-22(18)23-13-21(36(4)5)6-7-24(23)38/h6-7,10-13,16,25,38H,8-9,14-15H2,1-5H3/t16-,25-/m0/s1. The van der Waals surface area contributed by atoms with Crippen molar-refractivity contribution >= 4 is 17.4 Å². The molecule has 40 heavy (non-hydrogen) atoms. The molecule has 1 aliphatic heterocycles. The van der Waals surface area contributed by atoms with Gasteiger partial charge in [0, 0.05) is 31.9 Å². The van der Waals surface area contributed by atoms with Crippen LogP contribution in [0.4, 0.5) is 36.8 Å². The number of aromatic hydroxyl groups is 1. The fourth-order valence-corrected chi connectivity index (χ4v) is 5.44. The van der Waals surface area contributed by atoms with Gasteiger partial charge in [-0.15, -0.1) is 0 Å². The average Bonchev–Trinajstić information content (AvgIpc) is 3.11. The number of rotatable bonds is 5. The van der Waals surface area contributed by atoms with Gasteiger partial charge in [-0.05, 0) is 84.7 Å². The summed E-state index contributed by atoms with van der Waals surface area (Å²) in [6.45, 7) is 5.76. The van der Waals surface area contributed by atoms with Crippen molar-refractivity contribution in [3.05, 3.63) is 64.2 Å². The fraction of sp³-hybridized carbons (Fsp3) is 0.483. The summed E-state index contributed by atoms with van der Waals surface area (Å²) in [6.07, 6.45) is -10.2. The van der Waals surface area contributed by atoms with Gasteiger partial charge in [-0.1, -0.05) is 13.8 Å². The first-order valence-corrected chi connectivity index (χ1v) is 12.9. The van der Waals surface area contributed by atoms with E-state index in [-0.39, 0.29) is 29.3 Å². The monoisotopic (exact) mass is 570 g/mol. The molecule has 0 saturated carbocycles. The van der Waals surface area contributed by atoms with E-state index in [0.29, 0.717) is 30.5 Å². The second kappa shape index (κ2) is 10.2. The van der Waals surface area contributed by atoms with Gasteiger partial charge >= 0.3 is 18.4 Å². The van der Waals surface area contributed by atoms with Gasteiger partial charge in [0.15, 0.2) is 0 Å². The van der Waals surface area contributed by atoms with Crippen LogP contribution in [0.25, 0.3) is 5.57 Å². The van der Waals surface area contributed by atoms with Crippen LogP contribution in [0.1, 0.15) is 68.4 Å². The molecule has 4 rings (SSSR count). The molecule has 1 fully saturated rings. The molecule has 1 heterocycles. The Kier molecular flexibility index (Phi) is 7.57. The third-order valence-electron chi connectivity index (χ3n) is 7.68. The maximum Gasteiger partial charge on any atom is 0.416 e. The highest BCUT2D eigenvalue weighted by atomic mass is 19.4. The molecule has 2 aromatic carbocycles. The normalized spacial score (nSPS) is 21.6. The number of benzene rings is 2. The number of alkyl halides is 6. The van der Waals surface area contributed by atoms with Crippen LogP contribution < -0.4 is 4.90 Å². The number of halogens is 6. The summed E-state index contributed by atoms with van der Waals surface area (Å²) >= 11 is 0. The fourth-order valence-electron chi connectivity index (χ4n) is 5.44. The summed E-state index contributed by atoms with van der Waals surface area (Å²) in [5.41, 5.74) is -0.217. The summed E-state index contributed by atoms with van der Waals surface area (Å²) in [5, 5.41) is 10.7. The number of ether oxygens (including phenoxy) is 1. The van der Waals surface area contributed by atoms with Gasteiger partial charge in [0.25, 0.3) is 0 Å². The minimum atomic E-state index is -5.02. The van der Waals surface area contributed by atoms with E-state index in [2.05, 4.69) is 13.8 Å². The van der Waals surface area contributed by atoms with Gasteiger partial charge in [-0.3, -0.25) is 4.90 Å². The van der Waals surface area contributed by atoms with Crippen molar-refractivity contribution in [2.45, 2.75) is 64.5 Å². The highest BCUT2D eigenvalue weighted by molar-refractivity contribution is 5.78. The Morgan fingerprint density at radius 3 is 2.17 bits per heavy atom. The first kappa shape index (κ1) is 29.6. The molecule has 5 nitrogen and oxygen atoms in total. The van der Waals surface area contributed by atoms with Gasteiger partial charge in [0.2, 0.25) is 0 Å². The molecule has 2 aromatic rings. The van der Waals surface area contributed by atoms with Crippen LogP contribution in [-0.2, 0) is 17.1 Å². The van der Waals surface area contributed by atoms with Gasteiger partial charge < -0.3 is 14.7 Å². The summed E-state index contributed by atoms with van der Waals surface area (Å²) in [6, 6.07) is 5.65. The largest absolute Gasteiger partial charge is 0.507 e. The summed E-state index contributed by atoms with van der Waals surface area (Å²) in [7, 11) is 3.74. The molecule has 1 aliphatic carbocycles. The number of phenolic OH excluding ortho intramolecular Hbond substituents is 1. The zero-order valence-corrected chi connectivity index (χ0v) is 22.9. The van der Waals surface area contributed by atoms with Crippen LogP contribution in [0.2, 0.25) is 0 Å². The smallest absolute Gasteiger partial charge is 0.416 e.